The molecule has 0 spiro atoms. The molecule has 2 aliphatic rings. The molecule has 1 saturated heterocycles. The maximum absolute atomic E-state index is 12.0. The molecular weight excluding hydrogens is 272 g/mol. The SMILES string of the molecule is Cc1ccc(CN2C[C@@H]3C[C@H](C2)c2cccc(=O)n2C3)cc1. The zero-order valence-corrected chi connectivity index (χ0v) is 13.0. The van der Waals surface area contributed by atoms with Gasteiger partial charge in [0.1, 0.15) is 0 Å². The molecule has 114 valence electrons. The number of aromatic nitrogens is 1. The third kappa shape index (κ3) is 2.50. The Balaban J connectivity index is 1.56. The van der Waals surface area contributed by atoms with Gasteiger partial charge in [-0.1, -0.05) is 35.9 Å². The fourth-order valence-corrected chi connectivity index (χ4v) is 4.08. The summed E-state index contributed by atoms with van der Waals surface area (Å²) < 4.78 is 2.00. The van der Waals surface area contributed by atoms with Crippen molar-refractivity contribution in [1.29, 1.82) is 0 Å². The Bertz CT molecular complexity index is 732. The van der Waals surface area contributed by atoms with Crippen LogP contribution in [-0.4, -0.2) is 22.6 Å². The zero-order chi connectivity index (χ0) is 15.1. The summed E-state index contributed by atoms with van der Waals surface area (Å²) in [6.45, 7) is 6.20. The number of fused-ring (bicyclic) bond motifs is 4. The van der Waals surface area contributed by atoms with Crippen LogP contribution < -0.4 is 5.56 Å². The number of nitrogens with zero attached hydrogens (tertiary/aromatic N) is 2. The van der Waals surface area contributed by atoms with Crippen molar-refractivity contribution >= 4 is 0 Å². The van der Waals surface area contributed by atoms with Crippen LogP contribution in [0.1, 0.15) is 29.2 Å². The molecule has 1 aromatic heterocycles. The molecule has 3 heterocycles. The van der Waals surface area contributed by atoms with Crippen molar-refractivity contribution in [2.24, 2.45) is 5.92 Å². The molecule has 3 nitrogen and oxygen atoms in total. The van der Waals surface area contributed by atoms with E-state index in [0.717, 1.165) is 26.2 Å². The average Bonchev–Trinajstić information content (AvgIpc) is 2.51. The van der Waals surface area contributed by atoms with Crippen molar-refractivity contribution in [2.75, 3.05) is 13.1 Å². The summed E-state index contributed by atoms with van der Waals surface area (Å²) in [6, 6.07) is 14.6. The number of hydrogen-bond acceptors (Lipinski definition) is 2. The Morgan fingerprint density at radius 2 is 1.86 bits per heavy atom. The molecule has 2 bridgehead atoms. The lowest BCUT2D eigenvalue weighted by Gasteiger charge is -2.42. The van der Waals surface area contributed by atoms with Gasteiger partial charge < -0.3 is 4.57 Å². The fraction of sp³-hybridized carbons (Fsp3) is 0.421. The molecule has 0 aliphatic carbocycles. The minimum atomic E-state index is 0.166. The van der Waals surface area contributed by atoms with Crippen molar-refractivity contribution < 1.29 is 0 Å². The first-order valence-corrected chi connectivity index (χ1v) is 8.17. The summed E-state index contributed by atoms with van der Waals surface area (Å²) in [6.07, 6.45) is 1.23. The highest BCUT2D eigenvalue weighted by atomic mass is 16.1. The second-order valence-electron chi connectivity index (χ2n) is 6.88. The van der Waals surface area contributed by atoms with E-state index in [9.17, 15) is 4.79 Å². The van der Waals surface area contributed by atoms with Crippen molar-refractivity contribution in [3.8, 4) is 0 Å². The van der Waals surface area contributed by atoms with E-state index in [1.807, 2.05) is 10.6 Å². The first-order chi connectivity index (χ1) is 10.7. The number of piperidine rings is 1. The summed E-state index contributed by atoms with van der Waals surface area (Å²) in [5.41, 5.74) is 4.10. The van der Waals surface area contributed by atoms with Crippen molar-refractivity contribution in [3.05, 3.63) is 69.6 Å². The highest BCUT2D eigenvalue weighted by Gasteiger charge is 2.34. The van der Waals surface area contributed by atoms with Crippen molar-refractivity contribution in [2.45, 2.75) is 32.4 Å². The molecule has 3 heteroatoms. The lowest BCUT2D eigenvalue weighted by molar-refractivity contribution is 0.114. The molecular formula is C19H22N2O. The summed E-state index contributed by atoms with van der Waals surface area (Å²) in [7, 11) is 0. The van der Waals surface area contributed by atoms with Crippen molar-refractivity contribution in [1.82, 2.24) is 9.47 Å². The van der Waals surface area contributed by atoms with Gasteiger partial charge in [0, 0.05) is 43.9 Å². The average molecular weight is 294 g/mol. The second-order valence-corrected chi connectivity index (χ2v) is 6.88. The van der Waals surface area contributed by atoms with Gasteiger partial charge >= 0.3 is 0 Å². The molecule has 0 radical (unpaired) electrons. The molecule has 1 fully saturated rings. The van der Waals surface area contributed by atoms with Gasteiger partial charge in [0.05, 0.1) is 0 Å². The zero-order valence-electron chi connectivity index (χ0n) is 13.0. The highest BCUT2D eigenvalue weighted by molar-refractivity contribution is 5.22. The van der Waals surface area contributed by atoms with Crippen LogP contribution >= 0.6 is 0 Å². The quantitative estimate of drug-likeness (QED) is 0.851. The molecule has 0 saturated carbocycles. The monoisotopic (exact) mass is 294 g/mol. The topological polar surface area (TPSA) is 25.2 Å². The molecule has 4 rings (SSSR count). The number of hydrogen-bond donors (Lipinski definition) is 0. The van der Waals surface area contributed by atoms with Gasteiger partial charge in [0.2, 0.25) is 0 Å². The van der Waals surface area contributed by atoms with Crippen LogP contribution in [0.4, 0.5) is 0 Å². The van der Waals surface area contributed by atoms with Gasteiger partial charge in [0.25, 0.3) is 5.56 Å². The van der Waals surface area contributed by atoms with Gasteiger partial charge in [0.15, 0.2) is 0 Å². The number of rotatable bonds is 2. The fourth-order valence-electron chi connectivity index (χ4n) is 4.08. The normalized spacial score (nSPS) is 24.0. The van der Waals surface area contributed by atoms with Gasteiger partial charge in [-0.15, -0.1) is 0 Å². The predicted octanol–water partition coefficient (Wildman–Crippen LogP) is 2.78. The van der Waals surface area contributed by atoms with Gasteiger partial charge in [-0.3, -0.25) is 9.69 Å². The summed E-state index contributed by atoms with van der Waals surface area (Å²) in [4.78, 5) is 14.6. The molecule has 2 aliphatic heterocycles. The van der Waals surface area contributed by atoms with E-state index in [-0.39, 0.29) is 5.56 Å². The lowest BCUT2D eigenvalue weighted by Crippen LogP contribution is -2.46. The van der Waals surface area contributed by atoms with Crippen LogP contribution in [0.15, 0.2) is 47.3 Å². The van der Waals surface area contributed by atoms with Crippen LogP contribution in [0.2, 0.25) is 0 Å². The Morgan fingerprint density at radius 3 is 2.68 bits per heavy atom. The second kappa shape index (κ2) is 5.40. The Labute approximate surface area is 131 Å². The number of pyridine rings is 1. The first kappa shape index (κ1) is 13.8. The van der Waals surface area contributed by atoms with Gasteiger partial charge in [-0.05, 0) is 30.9 Å². The Kier molecular flexibility index (Phi) is 3.38. The standard InChI is InChI=1S/C19H22N2O/c1-14-5-7-15(8-6-14)10-20-11-16-9-17(13-20)18-3-2-4-19(22)21(18)12-16/h2-8,16-17H,9-13H2,1H3/t16-,17+/m0/s1. The number of benzene rings is 1. The smallest absolute Gasteiger partial charge is 0.250 e. The third-order valence-electron chi connectivity index (χ3n) is 5.08. The molecule has 0 N–H and O–H groups in total. The lowest BCUT2D eigenvalue weighted by atomic mass is 9.83. The third-order valence-corrected chi connectivity index (χ3v) is 5.08. The van der Waals surface area contributed by atoms with Crippen LogP contribution in [-0.2, 0) is 13.1 Å². The van der Waals surface area contributed by atoms with E-state index in [1.165, 1.54) is 23.2 Å². The largest absolute Gasteiger partial charge is 0.312 e. The first-order valence-electron chi connectivity index (χ1n) is 8.17. The number of likely N-dealkylation sites (tertiary alicyclic amines) is 1. The maximum atomic E-state index is 12.0. The summed E-state index contributed by atoms with van der Waals surface area (Å²) in [5.74, 6) is 1.11. The molecule has 0 unspecified atom stereocenters. The Morgan fingerprint density at radius 1 is 1.05 bits per heavy atom. The van der Waals surface area contributed by atoms with Gasteiger partial charge in [-0.25, -0.2) is 0 Å². The summed E-state index contributed by atoms with van der Waals surface area (Å²) >= 11 is 0. The molecule has 2 aromatic rings. The molecule has 0 amide bonds. The Hall–Kier alpha value is -1.87. The van der Waals surface area contributed by atoms with Crippen LogP contribution in [0.3, 0.4) is 0 Å². The van der Waals surface area contributed by atoms with E-state index >= 15 is 0 Å². The van der Waals surface area contributed by atoms with E-state index in [1.54, 1.807) is 6.07 Å². The molecule has 2 atom stereocenters. The van der Waals surface area contributed by atoms with Crippen LogP contribution in [0, 0.1) is 12.8 Å². The highest BCUT2D eigenvalue weighted by Crippen LogP contribution is 2.35. The minimum absolute atomic E-state index is 0.166. The van der Waals surface area contributed by atoms with Crippen LogP contribution in [0.25, 0.3) is 0 Å². The predicted molar refractivity (Wildman–Crippen MR) is 88.0 cm³/mol. The van der Waals surface area contributed by atoms with Crippen molar-refractivity contribution in [3.63, 3.8) is 0 Å². The van der Waals surface area contributed by atoms with E-state index in [0.29, 0.717) is 11.8 Å². The molecule has 1 aromatic carbocycles. The van der Waals surface area contributed by atoms with E-state index in [4.69, 9.17) is 0 Å². The van der Waals surface area contributed by atoms with E-state index < -0.39 is 0 Å². The maximum Gasteiger partial charge on any atom is 0.250 e. The minimum Gasteiger partial charge on any atom is -0.312 e. The van der Waals surface area contributed by atoms with E-state index in [2.05, 4.69) is 42.2 Å². The van der Waals surface area contributed by atoms with Crippen LogP contribution in [0.5, 0.6) is 0 Å². The summed E-state index contributed by atoms with van der Waals surface area (Å²) in [5, 5.41) is 0. The number of aryl methyl sites for hydroxylation is 1. The molecule has 22 heavy (non-hydrogen) atoms. The van der Waals surface area contributed by atoms with Gasteiger partial charge in [-0.2, -0.15) is 0 Å².